The lowest BCUT2D eigenvalue weighted by atomic mass is 9.99. The van der Waals surface area contributed by atoms with Crippen LogP contribution in [0, 0.1) is 5.92 Å². The zero-order chi connectivity index (χ0) is 14.1. The van der Waals surface area contributed by atoms with Gasteiger partial charge in [-0.3, -0.25) is 0 Å². The molecular formula is C16H35N3. The highest BCUT2D eigenvalue weighted by Crippen LogP contribution is 2.28. The Morgan fingerprint density at radius 2 is 1.84 bits per heavy atom. The summed E-state index contributed by atoms with van der Waals surface area (Å²) in [6.45, 7) is 10.6. The molecule has 3 heteroatoms. The van der Waals surface area contributed by atoms with Gasteiger partial charge in [-0.15, -0.1) is 0 Å². The first-order valence-electron chi connectivity index (χ1n) is 8.27. The zero-order valence-corrected chi connectivity index (χ0v) is 13.6. The van der Waals surface area contributed by atoms with Gasteiger partial charge in [0.05, 0.1) is 0 Å². The van der Waals surface area contributed by atoms with Crippen molar-refractivity contribution in [2.45, 2.75) is 52.0 Å². The quantitative estimate of drug-likeness (QED) is 0.657. The van der Waals surface area contributed by atoms with Crippen molar-refractivity contribution in [3.8, 4) is 0 Å². The van der Waals surface area contributed by atoms with Crippen molar-refractivity contribution in [3.05, 3.63) is 0 Å². The summed E-state index contributed by atoms with van der Waals surface area (Å²) in [5, 5.41) is 3.67. The van der Waals surface area contributed by atoms with E-state index < -0.39 is 0 Å². The molecular weight excluding hydrogens is 234 g/mol. The van der Waals surface area contributed by atoms with Crippen LogP contribution in [0.1, 0.15) is 46.0 Å². The molecule has 0 amide bonds. The second kappa shape index (κ2) is 9.73. The summed E-state index contributed by atoms with van der Waals surface area (Å²) in [4.78, 5) is 4.91. The molecule has 0 radical (unpaired) electrons. The molecule has 0 heterocycles. The molecule has 1 aliphatic rings. The minimum Gasteiger partial charge on any atom is -0.314 e. The van der Waals surface area contributed by atoms with Crippen molar-refractivity contribution < 1.29 is 0 Å². The van der Waals surface area contributed by atoms with Crippen LogP contribution in [0.5, 0.6) is 0 Å². The van der Waals surface area contributed by atoms with E-state index in [1.165, 1.54) is 58.3 Å². The van der Waals surface area contributed by atoms with Gasteiger partial charge >= 0.3 is 0 Å². The number of nitrogens with one attached hydrogen (secondary N) is 1. The molecule has 2 atom stereocenters. The van der Waals surface area contributed by atoms with E-state index in [9.17, 15) is 0 Å². The molecule has 0 aromatic rings. The van der Waals surface area contributed by atoms with E-state index in [0.717, 1.165) is 18.5 Å². The first kappa shape index (κ1) is 16.9. The predicted molar refractivity (Wildman–Crippen MR) is 84.7 cm³/mol. The van der Waals surface area contributed by atoms with Gasteiger partial charge in [0.15, 0.2) is 0 Å². The fourth-order valence-electron chi connectivity index (χ4n) is 3.30. The molecule has 19 heavy (non-hydrogen) atoms. The Hall–Kier alpha value is -0.120. The van der Waals surface area contributed by atoms with Gasteiger partial charge in [0.1, 0.15) is 0 Å². The zero-order valence-electron chi connectivity index (χ0n) is 13.6. The maximum absolute atomic E-state index is 3.67. The van der Waals surface area contributed by atoms with Gasteiger partial charge in [0, 0.05) is 6.04 Å². The van der Waals surface area contributed by atoms with Crippen molar-refractivity contribution in [2.75, 3.05) is 46.8 Å². The van der Waals surface area contributed by atoms with Crippen molar-refractivity contribution in [3.63, 3.8) is 0 Å². The number of hydrogen-bond donors (Lipinski definition) is 1. The van der Waals surface area contributed by atoms with E-state index in [1.807, 2.05) is 0 Å². The highest BCUT2D eigenvalue weighted by Gasteiger charge is 2.26. The van der Waals surface area contributed by atoms with Gasteiger partial charge in [-0.25, -0.2) is 0 Å². The average Bonchev–Trinajstić information content (AvgIpc) is 2.81. The van der Waals surface area contributed by atoms with E-state index in [0.29, 0.717) is 0 Å². The smallest absolute Gasteiger partial charge is 0.00956 e. The standard InChI is InChI=1S/C16H35N3/c1-5-17-16-10-7-9-15(16)11-14-19(6-2)13-8-12-18(3)4/h15-17H,5-14H2,1-4H3. The Bertz CT molecular complexity index is 218. The highest BCUT2D eigenvalue weighted by molar-refractivity contribution is 4.83. The topological polar surface area (TPSA) is 18.5 Å². The van der Waals surface area contributed by atoms with Crippen LogP contribution in [0.3, 0.4) is 0 Å². The molecule has 0 aromatic carbocycles. The predicted octanol–water partition coefficient (Wildman–Crippen LogP) is 2.43. The summed E-state index contributed by atoms with van der Waals surface area (Å²) in [5.74, 6) is 0.919. The third-order valence-corrected chi connectivity index (χ3v) is 4.47. The van der Waals surface area contributed by atoms with Crippen molar-refractivity contribution in [1.82, 2.24) is 15.1 Å². The molecule has 114 valence electrons. The van der Waals surface area contributed by atoms with Gasteiger partial charge in [-0.05, 0) is 78.4 Å². The Labute approximate surface area is 120 Å². The highest BCUT2D eigenvalue weighted by atomic mass is 15.1. The van der Waals surface area contributed by atoms with Crippen LogP contribution in [0.2, 0.25) is 0 Å². The average molecular weight is 269 g/mol. The number of rotatable bonds is 10. The Balaban J connectivity index is 2.20. The van der Waals surface area contributed by atoms with Crippen LogP contribution >= 0.6 is 0 Å². The second-order valence-corrected chi connectivity index (χ2v) is 6.23. The van der Waals surface area contributed by atoms with E-state index in [-0.39, 0.29) is 0 Å². The first-order valence-corrected chi connectivity index (χ1v) is 8.27. The fourth-order valence-corrected chi connectivity index (χ4v) is 3.30. The lowest BCUT2D eigenvalue weighted by Gasteiger charge is -2.26. The fraction of sp³-hybridized carbons (Fsp3) is 1.00. The summed E-state index contributed by atoms with van der Waals surface area (Å²) >= 11 is 0. The summed E-state index contributed by atoms with van der Waals surface area (Å²) in [6, 6.07) is 0.797. The van der Waals surface area contributed by atoms with E-state index in [2.05, 4.69) is 43.1 Å². The van der Waals surface area contributed by atoms with Crippen molar-refractivity contribution in [2.24, 2.45) is 5.92 Å². The molecule has 1 rings (SSSR count). The van der Waals surface area contributed by atoms with E-state index in [4.69, 9.17) is 0 Å². The lowest BCUT2D eigenvalue weighted by molar-refractivity contribution is 0.238. The van der Waals surface area contributed by atoms with Gasteiger partial charge in [0.2, 0.25) is 0 Å². The van der Waals surface area contributed by atoms with Gasteiger partial charge in [0.25, 0.3) is 0 Å². The van der Waals surface area contributed by atoms with Crippen LogP contribution in [0.25, 0.3) is 0 Å². The maximum atomic E-state index is 3.67. The SMILES string of the molecule is CCNC1CCCC1CCN(CC)CCCN(C)C. The lowest BCUT2D eigenvalue weighted by Crippen LogP contribution is -2.35. The summed E-state index contributed by atoms with van der Waals surface area (Å²) < 4.78 is 0. The van der Waals surface area contributed by atoms with Crippen LogP contribution < -0.4 is 5.32 Å². The van der Waals surface area contributed by atoms with Crippen LogP contribution in [0.4, 0.5) is 0 Å². The summed E-state index contributed by atoms with van der Waals surface area (Å²) in [6.07, 6.45) is 6.93. The molecule has 0 aliphatic heterocycles. The largest absolute Gasteiger partial charge is 0.314 e. The maximum Gasteiger partial charge on any atom is 0.00956 e. The first-order chi connectivity index (χ1) is 9.17. The minimum atomic E-state index is 0.797. The third kappa shape index (κ3) is 6.73. The molecule has 1 fully saturated rings. The number of nitrogens with zero attached hydrogens (tertiary/aromatic N) is 2. The summed E-state index contributed by atoms with van der Waals surface area (Å²) in [5.41, 5.74) is 0. The molecule has 1 N–H and O–H groups in total. The Morgan fingerprint density at radius 1 is 1.05 bits per heavy atom. The molecule has 0 spiro atoms. The molecule has 2 unspecified atom stereocenters. The Kier molecular flexibility index (Phi) is 8.67. The van der Waals surface area contributed by atoms with Gasteiger partial charge < -0.3 is 15.1 Å². The van der Waals surface area contributed by atoms with Crippen molar-refractivity contribution >= 4 is 0 Å². The van der Waals surface area contributed by atoms with Crippen LogP contribution in [-0.4, -0.2) is 62.7 Å². The van der Waals surface area contributed by atoms with Crippen molar-refractivity contribution in [1.29, 1.82) is 0 Å². The molecule has 3 nitrogen and oxygen atoms in total. The monoisotopic (exact) mass is 269 g/mol. The van der Waals surface area contributed by atoms with E-state index in [1.54, 1.807) is 0 Å². The van der Waals surface area contributed by atoms with Crippen LogP contribution in [0.15, 0.2) is 0 Å². The van der Waals surface area contributed by atoms with Gasteiger partial charge in [-0.2, -0.15) is 0 Å². The molecule has 1 aliphatic carbocycles. The third-order valence-electron chi connectivity index (χ3n) is 4.47. The summed E-state index contributed by atoms with van der Waals surface area (Å²) in [7, 11) is 4.33. The molecule has 0 bridgehead atoms. The normalized spacial score (nSPS) is 23.7. The second-order valence-electron chi connectivity index (χ2n) is 6.23. The molecule has 0 saturated heterocycles. The molecule has 1 saturated carbocycles. The van der Waals surface area contributed by atoms with Crippen LogP contribution in [-0.2, 0) is 0 Å². The van der Waals surface area contributed by atoms with Gasteiger partial charge in [-0.1, -0.05) is 20.3 Å². The number of hydrogen-bond acceptors (Lipinski definition) is 3. The molecule has 0 aromatic heterocycles. The van der Waals surface area contributed by atoms with E-state index >= 15 is 0 Å². The Morgan fingerprint density at radius 3 is 2.47 bits per heavy atom. The minimum absolute atomic E-state index is 0.797.